The molecule has 1 fully saturated rings. The van der Waals surface area contributed by atoms with E-state index in [1.54, 1.807) is 0 Å². The highest BCUT2D eigenvalue weighted by molar-refractivity contribution is 5.94. The number of hydrogen-bond donors (Lipinski definition) is 1. The Bertz CT molecular complexity index is 713. The first-order chi connectivity index (χ1) is 11.6. The van der Waals surface area contributed by atoms with Gasteiger partial charge in [0.1, 0.15) is 0 Å². The Hall–Kier alpha value is -2.14. The molecule has 5 heteroatoms. The zero-order valence-electron chi connectivity index (χ0n) is 14.6. The molecule has 2 heterocycles. The summed E-state index contributed by atoms with van der Waals surface area (Å²) in [5.74, 6) is -0.0559. The lowest BCUT2D eigenvalue weighted by Gasteiger charge is -2.11. The topological polar surface area (TPSA) is 56.2 Å². The van der Waals surface area contributed by atoms with E-state index in [9.17, 15) is 4.79 Å². The summed E-state index contributed by atoms with van der Waals surface area (Å²) in [6, 6.07) is 7.59. The molecule has 1 atom stereocenters. The first-order valence-electron chi connectivity index (χ1n) is 8.65. The Morgan fingerprint density at radius 3 is 2.67 bits per heavy atom. The van der Waals surface area contributed by atoms with Crippen molar-refractivity contribution in [3.63, 3.8) is 0 Å². The number of nitrogens with zero attached hydrogens (tertiary/aromatic N) is 2. The fraction of sp³-hybridized carbons (Fsp3) is 0.474. The summed E-state index contributed by atoms with van der Waals surface area (Å²) in [5, 5.41) is 7.56. The van der Waals surface area contributed by atoms with Crippen LogP contribution in [0.4, 0.5) is 0 Å². The average Bonchev–Trinajstić information content (AvgIpc) is 3.21. The molecule has 24 heavy (non-hydrogen) atoms. The van der Waals surface area contributed by atoms with Crippen molar-refractivity contribution in [2.75, 3.05) is 13.2 Å². The minimum absolute atomic E-state index is 0.0559. The zero-order chi connectivity index (χ0) is 17.1. The molecule has 0 aliphatic carbocycles. The van der Waals surface area contributed by atoms with Crippen LogP contribution in [-0.4, -0.2) is 34.9 Å². The van der Waals surface area contributed by atoms with Gasteiger partial charge in [-0.25, -0.2) is 4.68 Å². The lowest BCUT2D eigenvalue weighted by Crippen LogP contribution is -2.31. The van der Waals surface area contributed by atoms with Gasteiger partial charge < -0.3 is 10.1 Å². The predicted octanol–water partition coefficient (Wildman–Crippen LogP) is 2.96. The van der Waals surface area contributed by atoms with Gasteiger partial charge in [0.2, 0.25) is 0 Å². The van der Waals surface area contributed by atoms with Crippen molar-refractivity contribution < 1.29 is 9.53 Å². The highest BCUT2D eigenvalue weighted by Crippen LogP contribution is 2.19. The van der Waals surface area contributed by atoms with Crippen molar-refractivity contribution in [2.45, 2.75) is 46.1 Å². The molecule has 1 amide bonds. The molecule has 5 nitrogen and oxygen atoms in total. The van der Waals surface area contributed by atoms with Crippen molar-refractivity contribution in [3.05, 3.63) is 46.8 Å². The van der Waals surface area contributed by atoms with Crippen LogP contribution in [0.3, 0.4) is 0 Å². The average molecular weight is 327 g/mol. The first-order valence-corrected chi connectivity index (χ1v) is 8.65. The number of amides is 1. The van der Waals surface area contributed by atoms with Crippen molar-refractivity contribution in [2.24, 2.45) is 0 Å². The van der Waals surface area contributed by atoms with Crippen LogP contribution in [0.1, 0.15) is 47.1 Å². The maximum Gasteiger partial charge on any atom is 0.251 e. The van der Waals surface area contributed by atoms with Gasteiger partial charge in [0, 0.05) is 24.4 Å². The largest absolute Gasteiger partial charge is 0.376 e. The third-order valence-electron chi connectivity index (χ3n) is 4.68. The summed E-state index contributed by atoms with van der Waals surface area (Å²) < 4.78 is 7.47. The highest BCUT2D eigenvalue weighted by atomic mass is 16.5. The van der Waals surface area contributed by atoms with E-state index in [4.69, 9.17) is 4.74 Å². The maximum atomic E-state index is 12.2. The lowest BCUT2D eigenvalue weighted by molar-refractivity contribution is 0.0858. The lowest BCUT2D eigenvalue weighted by atomic mass is 10.1. The van der Waals surface area contributed by atoms with E-state index in [-0.39, 0.29) is 12.0 Å². The van der Waals surface area contributed by atoms with Crippen molar-refractivity contribution in [1.82, 2.24) is 15.1 Å². The van der Waals surface area contributed by atoms with Gasteiger partial charge in [0.05, 0.1) is 17.5 Å². The Labute approximate surface area is 143 Å². The van der Waals surface area contributed by atoms with Gasteiger partial charge in [-0.1, -0.05) is 6.92 Å². The monoisotopic (exact) mass is 327 g/mol. The fourth-order valence-electron chi connectivity index (χ4n) is 3.31. The second-order valence-corrected chi connectivity index (χ2v) is 6.31. The predicted molar refractivity (Wildman–Crippen MR) is 93.7 cm³/mol. The Morgan fingerprint density at radius 2 is 2.08 bits per heavy atom. The van der Waals surface area contributed by atoms with Crippen LogP contribution in [0, 0.1) is 13.8 Å². The Balaban J connectivity index is 1.69. The molecule has 2 aromatic rings. The molecule has 0 spiro atoms. The molecule has 1 aliphatic heterocycles. The molecule has 3 rings (SSSR count). The van der Waals surface area contributed by atoms with Crippen LogP contribution in [0.5, 0.6) is 0 Å². The second kappa shape index (κ2) is 7.18. The van der Waals surface area contributed by atoms with E-state index in [1.807, 2.05) is 35.9 Å². The van der Waals surface area contributed by atoms with Gasteiger partial charge in [0.15, 0.2) is 0 Å². The summed E-state index contributed by atoms with van der Waals surface area (Å²) in [6.07, 6.45) is 3.24. The van der Waals surface area contributed by atoms with E-state index in [0.717, 1.165) is 42.9 Å². The SMILES string of the molecule is CCc1c(C)nn(-c2ccc(C(=O)NC[C@@H]3CCCO3)cc2)c1C. The molecule has 1 aromatic heterocycles. The summed E-state index contributed by atoms with van der Waals surface area (Å²) in [4.78, 5) is 12.2. The number of carbonyl (C=O) groups excluding carboxylic acids is 1. The number of nitrogens with one attached hydrogen (secondary N) is 1. The third kappa shape index (κ3) is 3.36. The van der Waals surface area contributed by atoms with Crippen LogP contribution < -0.4 is 5.32 Å². The van der Waals surface area contributed by atoms with E-state index >= 15 is 0 Å². The van der Waals surface area contributed by atoms with Gasteiger partial charge in [-0.2, -0.15) is 5.10 Å². The number of hydrogen-bond acceptors (Lipinski definition) is 3. The molecule has 1 aromatic carbocycles. The van der Waals surface area contributed by atoms with Gasteiger partial charge >= 0.3 is 0 Å². The van der Waals surface area contributed by atoms with E-state index < -0.39 is 0 Å². The van der Waals surface area contributed by atoms with Crippen molar-refractivity contribution >= 4 is 5.91 Å². The van der Waals surface area contributed by atoms with Crippen LogP contribution >= 0.6 is 0 Å². The van der Waals surface area contributed by atoms with E-state index in [0.29, 0.717) is 12.1 Å². The molecule has 1 aliphatic rings. The Kier molecular flexibility index (Phi) is 5.00. The quantitative estimate of drug-likeness (QED) is 0.918. The molecule has 1 saturated heterocycles. The van der Waals surface area contributed by atoms with Crippen molar-refractivity contribution in [1.29, 1.82) is 0 Å². The number of aromatic nitrogens is 2. The maximum absolute atomic E-state index is 12.2. The summed E-state index contributed by atoms with van der Waals surface area (Å²) >= 11 is 0. The normalized spacial score (nSPS) is 17.2. The van der Waals surface area contributed by atoms with Gasteiger partial charge in [-0.05, 0) is 62.9 Å². The molecule has 0 unspecified atom stereocenters. The smallest absolute Gasteiger partial charge is 0.251 e. The van der Waals surface area contributed by atoms with Crippen LogP contribution in [0.2, 0.25) is 0 Å². The van der Waals surface area contributed by atoms with Crippen LogP contribution in [0.15, 0.2) is 24.3 Å². The number of aryl methyl sites for hydroxylation is 1. The number of ether oxygens (including phenoxy) is 1. The number of rotatable bonds is 5. The van der Waals surface area contributed by atoms with Crippen LogP contribution in [0.25, 0.3) is 5.69 Å². The highest BCUT2D eigenvalue weighted by Gasteiger charge is 2.17. The van der Waals surface area contributed by atoms with E-state index in [1.165, 1.54) is 5.56 Å². The first kappa shape index (κ1) is 16.7. The molecular weight excluding hydrogens is 302 g/mol. The van der Waals surface area contributed by atoms with Crippen LogP contribution in [-0.2, 0) is 11.2 Å². The van der Waals surface area contributed by atoms with Crippen molar-refractivity contribution in [3.8, 4) is 5.69 Å². The summed E-state index contributed by atoms with van der Waals surface area (Å²) in [5.41, 5.74) is 5.15. The number of carbonyl (C=O) groups is 1. The van der Waals surface area contributed by atoms with Gasteiger partial charge in [-0.15, -0.1) is 0 Å². The molecule has 128 valence electrons. The Morgan fingerprint density at radius 1 is 1.33 bits per heavy atom. The molecule has 0 radical (unpaired) electrons. The summed E-state index contributed by atoms with van der Waals surface area (Å²) in [7, 11) is 0. The van der Waals surface area contributed by atoms with Gasteiger partial charge in [0.25, 0.3) is 5.91 Å². The molecule has 0 bridgehead atoms. The standard InChI is InChI=1S/C19H25N3O2/c1-4-18-13(2)21-22(14(18)3)16-9-7-15(8-10-16)19(23)20-12-17-6-5-11-24-17/h7-10,17H,4-6,11-12H2,1-3H3,(H,20,23)/t17-/m0/s1. The van der Waals surface area contributed by atoms with E-state index in [2.05, 4.69) is 24.3 Å². The second-order valence-electron chi connectivity index (χ2n) is 6.31. The minimum Gasteiger partial charge on any atom is -0.376 e. The summed E-state index contributed by atoms with van der Waals surface area (Å²) in [6.45, 7) is 7.65. The number of benzene rings is 1. The zero-order valence-corrected chi connectivity index (χ0v) is 14.6. The minimum atomic E-state index is -0.0559. The van der Waals surface area contributed by atoms with Gasteiger partial charge in [-0.3, -0.25) is 4.79 Å². The molecule has 1 N–H and O–H groups in total. The fourth-order valence-corrected chi connectivity index (χ4v) is 3.31. The molecule has 0 saturated carbocycles. The third-order valence-corrected chi connectivity index (χ3v) is 4.68. The molecular formula is C19H25N3O2.